The Morgan fingerprint density at radius 2 is 1.52 bits per heavy atom. The van der Waals surface area contributed by atoms with E-state index in [0.717, 1.165) is 22.2 Å². The van der Waals surface area contributed by atoms with E-state index in [-0.39, 0.29) is 56.5 Å². The van der Waals surface area contributed by atoms with E-state index in [9.17, 15) is 31.2 Å². The molecule has 1 fully saturated rings. The van der Waals surface area contributed by atoms with Crippen LogP contribution in [-0.4, -0.2) is 81.4 Å². The van der Waals surface area contributed by atoms with E-state index in [1.807, 2.05) is 65.8 Å². The van der Waals surface area contributed by atoms with E-state index in [1.54, 1.807) is 6.92 Å². The monoisotopic (exact) mass is 801 g/mol. The maximum Gasteiger partial charge on any atom is 0.325 e. The number of aryl methyl sites for hydroxylation is 1. The molecule has 4 rings (SSSR count). The molecule has 0 spiro atoms. The van der Waals surface area contributed by atoms with Gasteiger partial charge in [0.05, 0.1) is 32.0 Å². The maximum absolute atomic E-state index is 12.9. The average molecular weight is 803 g/mol. The molecule has 2 heterocycles. The van der Waals surface area contributed by atoms with Gasteiger partial charge in [-0.1, -0.05) is 60.8 Å². The molecule has 52 heavy (non-hydrogen) atoms. The number of hydrogen-bond acceptors (Lipinski definition) is 10. The van der Waals surface area contributed by atoms with Crippen LogP contribution in [0.1, 0.15) is 70.3 Å². The van der Waals surface area contributed by atoms with E-state index in [2.05, 4.69) is 15.6 Å². The third-order valence-electron chi connectivity index (χ3n) is 6.45. The number of rotatable bonds is 9. The summed E-state index contributed by atoms with van der Waals surface area (Å²) in [6.07, 6.45) is 4.54. The summed E-state index contributed by atoms with van der Waals surface area (Å²) < 4.78 is 55.0. The number of anilines is 1. The Morgan fingerprint density at radius 3 is 2.04 bits per heavy atom. The van der Waals surface area contributed by atoms with Gasteiger partial charge >= 0.3 is 5.97 Å². The second-order valence-corrected chi connectivity index (χ2v) is 16.9. The Hall–Kier alpha value is -3.60. The number of nitrogens with one attached hydrogen (secondary N) is 2. The van der Waals surface area contributed by atoms with Crippen molar-refractivity contribution >= 4 is 66.5 Å². The van der Waals surface area contributed by atoms with Gasteiger partial charge in [-0.05, 0) is 77.8 Å². The first-order valence-corrected chi connectivity index (χ1v) is 20.4. The Labute approximate surface area is 317 Å². The number of benzene rings is 2. The molecule has 1 aliphatic heterocycles. The summed E-state index contributed by atoms with van der Waals surface area (Å²) in [5, 5.41) is 5.57. The first-order chi connectivity index (χ1) is 24.1. The summed E-state index contributed by atoms with van der Waals surface area (Å²) in [6, 6.07) is 11.5. The summed E-state index contributed by atoms with van der Waals surface area (Å²) >= 11 is 11.8. The Morgan fingerprint density at radius 1 is 0.981 bits per heavy atom. The fraction of sp³-hybridized carbons (Fsp3) is 0.429. The summed E-state index contributed by atoms with van der Waals surface area (Å²) in [6.45, 7) is 13.5. The average Bonchev–Trinajstić information content (AvgIpc) is 3.57. The van der Waals surface area contributed by atoms with Crippen LogP contribution < -0.4 is 16.4 Å². The second-order valence-electron chi connectivity index (χ2n) is 12.2. The highest BCUT2D eigenvalue weighted by Crippen LogP contribution is 2.28. The van der Waals surface area contributed by atoms with Gasteiger partial charge in [-0.25, -0.2) is 16.8 Å². The number of esters is 1. The van der Waals surface area contributed by atoms with Gasteiger partial charge in [0.25, 0.3) is 5.91 Å². The lowest BCUT2D eigenvalue weighted by atomic mass is 10.1. The number of pyridine rings is 1. The lowest BCUT2D eigenvalue weighted by molar-refractivity contribution is -0.143. The normalized spacial score (nSPS) is 14.2. The van der Waals surface area contributed by atoms with Gasteiger partial charge in [0.15, 0.2) is 9.84 Å². The van der Waals surface area contributed by atoms with Crippen LogP contribution in [0, 0.1) is 6.92 Å². The molecule has 1 unspecified atom stereocenters. The number of ether oxygens (including phenoxy) is 1. The van der Waals surface area contributed by atoms with Crippen molar-refractivity contribution in [2.45, 2.75) is 82.7 Å². The summed E-state index contributed by atoms with van der Waals surface area (Å²) in [5.41, 5.74) is 7.39. The molecule has 17 heteroatoms. The number of halogens is 2. The molecule has 0 radical (unpaired) electrons. The number of hydrogen-bond donors (Lipinski definition) is 3. The summed E-state index contributed by atoms with van der Waals surface area (Å²) in [7, 11) is -7.65. The largest absolute Gasteiger partial charge is 0.465 e. The molecule has 2 amide bonds. The zero-order valence-corrected chi connectivity index (χ0v) is 33.8. The van der Waals surface area contributed by atoms with Crippen LogP contribution in [0.15, 0.2) is 70.7 Å². The third kappa shape index (κ3) is 15.6. The molecule has 2 aromatic carbocycles. The lowest BCUT2D eigenvalue weighted by Crippen LogP contribution is -2.47. The van der Waals surface area contributed by atoms with Crippen LogP contribution in [0.4, 0.5) is 5.69 Å². The summed E-state index contributed by atoms with van der Waals surface area (Å²) in [4.78, 5) is 39.2. The molecule has 3 aromatic rings. The minimum atomic E-state index is -4.07. The second kappa shape index (κ2) is 21.2. The van der Waals surface area contributed by atoms with Gasteiger partial charge in [0.2, 0.25) is 15.9 Å². The standard InChI is InChI=1S/C16H22N2O7S2.C13H10Cl2N2O.C4H11N.C2H6/c1-3-25-15(19)11-17-16(20)14-8-5-9-18(14)27(23,24)13-7-4-6-12(10-13)26(2,21)22;1-8-2-4-9(5-3-8)17-13(18)12-10(14)6-16-7-11(12)15;1-4(2,3)5;1-2/h4,6-7,10,14H,3,5,8-9,11H2,1-2H3,(H,17,20);2-7H,1H3,(H,17,18);5H2,1-3H3;1-2H3. The number of sulfonamides is 1. The Bertz CT molecular complexity index is 1840. The van der Waals surface area contributed by atoms with Gasteiger partial charge in [0, 0.05) is 36.4 Å². The predicted octanol–water partition coefficient (Wildman–Crippen LogP) is 5.64. The van der Waals surface area contributed by atoms with Gasteiger partial charge in [-0.2, -0.15) is 4.31 Å². The Balaban J connectivity index is 0.000000464. The molecular weight excluding hydrogens is 753 g/mol. The molecule has 0 saturated carbocycles. The molecule has 0 bridgehead atoms. The molecule has 0 aliphatic carbocycles. The van der Waals surface area contributed by atoms with Crippen molar-refractivity contribution in [1.82, 2.24) is 14.6 Å². The van der Waals surface area contributed by atoms with Crippen LogP contribution in [0.5, 0.6) is 0 Å². The van der Waals surface area contributed by atoms with Crippen molar-refractivity contribution in [3.63, 3.8) is 0 Å². The van der Waals surface area contributed by atoms with Gasteiger partial charge in [0.1, 0.15) is 12.6 Å². The number of nitrogens with two attached hydrogens (primary N) is 1. The highest BCUT2D eigenvalue weighted by atomic mass is 35.5. The predicted molar refractivity (Wildman–Crippen MR) is 205 cm³/mol. The fourth-order valence-corrected chi connectivity index (χ4v) is 7.22. The number of nitrogens with zero attached hydrogens (tertiary/aromatic N) is 2. The Kier molecular flexibility index (Phi) is 18.9. The zero-order valence-electron chi connectivity index (χ0n) is 30.7. The molecule has 1 aromatic heterocycles. The highest BCUT2D eigenvalue weighted by molar-refractivity contribution is 7.91. The zero-order chi connectivity index (χ0) is 39.9. The first-order valence-electron chi connectivity index (χ1n) is 16.4. The van der Waals surface area contributed by atoms with Crippen molar-refractivity contribution in [2.75, 3.05) is 31.3 Å². The number of amides is 2. The van der Waals surface area contributed by atoms with Crippen molar-refractivity contribution < 1.29 is 36.0 Å². The number of sulfone groups is 1. The fourth-order valence-electron chi connectivity index (χ4n) is 4.24. The van der Waals surface area contributed by atoms with Crippen molar-refractivity contribution in [3.8, 4) is 0 Å². The van der Waals surface area contributed by atoms with Crippen LogP contribution in [0.2, 0.25) is 10.0 Å². The summed E-state index contributed by atoms with van der Waals surface area (Å²) in [5.74, 6) is -1.56. The number of carbonyl (C=O) groups is 3. The third-order valence-corrected chi connectivity index (χ3v) is 10.0. The molecule has 1 atom stereocenters. The minimum absolute atomic E-state index is 0. The van der Waals surface area contributed by atoms with Crippen molar-refractivity contribution in [1.29, 1.82) is 0 Å². The van der Waals surface area contributed by atoms with Crippen LogP contribution in [0.3, 0.4) is 0 Å². The molecule has 1 saturated heterocycles. The van der Waals surface area contributed by atoms with E-state index < -0.39 is 37.8 Å². The van der Waals surface area contributed by atoms with E-state index >= 15 is 0 Å². The molecule has 288 valence electrons. The smallest absolute Gasteiger partial charge is 0.325 e. The van der Waals surface area contributed by atoms with Crippen LogP contribution >= 0.6 is 23.2 Å². The topological polar surface area (TPSA) is 195 Å². The molecule has 4 N–H and O–H groups in total. The highest BCUT2D eigenvalue weighted by Gasteiger charge is 2.39. The van der Waals surface area contributed by atoms with E-state index in [4.69, 9.17) is 33.7 Å². The minimum Gasteiger partial charge on any atom is -0.465 e. The van der Waals surface area contributed by atoms with Crippen molar-refractivity contribution in [2.24, 2.45) is 5.73 Å². The lowest BCUT2D eigenvalue weighted by Gasteiger charge is -2.23. The maximum atomic E-state index is 12.9. The van der Waals surface area contributed by atoms with Gasteiger partial charge in [-0.15, -0.1) is 0 Å². The van der Waals surface area contributed by atoms with Crippen molar-refractivity contribution in [3.05, 3.63) is 82.1 Å². The number of carbonyl (C=O) groups excluding carboxylic acids is 3. The first kappa shape index (κ1) is 46.4. The van der Waals surface area contributed by atoms with Gasteiger partial charge in [-0.3, -0.25) is 19.4 Å². The van der Waals surface area contributed by atoms with Crippen LogP contribution in [-0.2, 0) is 34.2 Å². The molecular formula is C35H49Cl2N5O8S2. The number of aromatic nitrogens is 1. The van der Waals surface area contributed by atoms with Crippen LogP contribution in [0.25, 0.3) is 0 Å². The molecule has 1 aliphatic rings. The van der Waals surface area contributed by atoms with E-state index in [1.165, 1.54) is 30.6 Å². The quantitative estimate of drug-likeness (QED) is 0.228. The SMILES string of the molecule is CC.CC(C)(C)N.CCOC(=O)CNC(=O)C1CCCN1S(=O)(=O)c1cccc(S(C)(=O)=O)c1.Cc1ccc(NC(=O)c2c(Cl)cncc2Cl)cc1. The molecule has 13 nitrogen and oxygen atoms in total. The van der Waals surface area contributed by atoms with E-state index in [0.29, 0.717) is 18.5 Å². The van der Waals surface area contributed by atoms with Gasteiger partial charge < -0.3 is 21.1 Å².